The van der Waals surface area contributed by atoms with Gasteiger partial charge in [0.05, 0.1) is 0 Å². The summed E-state index contributed by atoms with van der Waals surface area (Å²) in [4.78, 5) is 0. The Balaban J connectivity index is 3.08. The minimum atomic E-state index is -2.41. The van der Waals surface area contributed by atoms with E-state index in [1.54, 1.807) is 0 Å². The third-order valence-electron chi connectivity index (χ3n) is 4.34. The Morgan fingerprint density at radius 3 is 2.09 bits per heavy atom. The third kappa shape index (κ3) is 5.03. The Labute approximate surface area is 138 Å². The van der Waals surface area contributed by atoms with Crippen molar-refractivity contribution in [1.82, 2.24) is 0 Å². The summed E-state index contributed by atoms with van der Waals surface area (Å²) in [5.74, 6) is 0. The van der Waals surface area contributed by atoms with Crippen molar-refractivity contribution in [2.75, 3.05) is 19.8 Å². The van der Waals surface area contributed by atoms with Gasteiger partial charge < -0.3 is 19.3 Å². The summed E-state index contributed by atoms with van der Waals surface area (Å²) in [5.41, 5.74) is 6.19. The summed E-state index contributed by atoms with van der Waals surface area (Å²) < 4.78 is 19.4. The van der Waals surface area contributed by atoms with Crippen molar-refractivity contribution in [2.24, 2.45) is 5.73 Å². The number of nitrogens with two attached hydrogens (primary N) is 1. The monoisotopic (exact) mass is 331 g/mol. The predicted octanol–water partition coefficient (Wildman–Crippen LogP) is 3.91. The predicted molar refractivity (Wildman–Crippen MR) is 94.1 cm³/mol. The van der Waals surface area contributed by atoms with Gasteiger partial charge in [-0.25, -0.2) is 0 Å². The second-order valence-electron chi connectivity index (χ2n) is 6.68. The van der Waals surface area contributed by atoms with Gasteiger partial charge in [-0.2, -0.15) is 0 Å². The van der Waals surface area contributed by atoms with Crippen LogP contribution in [0.25, 0.3) is 0 Å². The molecule has 2 atom stereocenters. The quantitative estimate of drug-likeness (QED) is 0.583. The van der Waals surface area contributed by atoms with Gasteiger partial charge in [-0.15, -0.1) is 0 Å². The highest BCUT2D eigenvalue weighted by molar-refractivity contribution is 6.70. The Kier molecular flexibility index (Phi) is 9.17. The zero-order chi connectivity index (χ0) is 16.5. The third-order valence-corrected chi connectivity index (χ3v) is 8.68. The van der Waals surface area contributed by atoms with Crippen LogP contribution >= 0.6 is 0 Å². The van der Waals surface area contributed by atoms with E-state index in [1.807, 2.05) is 0 Å². The largest absolute Gasteiger partial charge is 0.393 e. The van der Waals surface area contributed by atoms with E-state index in [9.17, 15) is 0 Å². The number of ether oxygens (including phenoxy) is 1. The lowest BCUT2D eigenvalue weighted by molar-refractivity contribution is -0.0545. The molecule has 1 aliphatic rings. The summed E-state index contributed by atoms with van der Waals surface area (Å²) in [6, 6.07) is 1.15. The second-order valence-corrected chi connectivity index (χ2v) is 10.2. The van der Waals surface area contributed by atoms with E-state index in [-0.39, 0.29) is 11.3 Å². The highest BCUT2D eigenvalue weighted by atomic mass is 28.4. The Morgan fingerprint density at radius 2 is 1.59 bits per heavy atom. The molecule has 4 nitrogen and oxygen atoms in total. The van der Waals surface area contributed by atoms with Gasteiger partial charge in [0, 0.05) is 25.9 Å². The molecule has 1 saturated heterocycles. The van der Waals surface area contributed by atoms with Crippen molar-refractivity contribution in [3.63, 3.8) is 0 Å². The van der Waals surface area contributed by atoms with Crippen molar-refractivity contribution in [2.45, 2.75) is 90.0 Å². The van der Waals surface area contributed by atoms with Crippen LogP contribution in [0, 0.1) is 0 Å². The Morgan fingerprint density at radius 1 is 1.00 bits per heavy atom. The van der Waals surface area contributed by atoms with Crippen LogP contribution in [0.1, 0.15) is 72.6 Å². The van der Waals surface area contributed by atoms with E-state index in [1.165, 1.54) is 12.8 Å². The first-order valence-electron chi connectivity index (χ1n) is 9.23. The lowest BCUT2D eigenvalue weighted by atomic mass is 10.0. The first kappa shape index (κ1) is 20.1. The SMILES string of the molecule is CCCOC1(CC(C)N)CCCC[Si]1(OCCC)OCCC. The second kappa shape index (κ2) is 10.0. The standard InChI is InChI=1S/C17H37NO3Si/c1-5-11-19-17(15-16(4)18)10-8-9-14-22(17,20-12-6-2)21-13-7-3/h16H,5-15,18H2,1-4H3. The molecule has 1 rings (SSSR count). The van der Waals surface area contributed by atoms with Crippen molar-refractivity contribution in [1.29, 1.82) is 0 Å². The first-order valence-corrected chi connectivity index (χ1v) is 11.3. The van der Waals surface area contributed by atoms with Crippen LogP contribution in [0.5, 0.6) is 0 Å². The molecule has 5 heteroatoms. The number of hydrogen-bond acceptors (Lipinski definition) is 4. The van der Waals surface area contributed by atoms with Crippen molar-refractivity contribution >= 4 is 8.56 Å². The fourth-order valence-electron chi connectivity index (χ4n) is 3.49. The molecule has 132 valence electrons. The van der Waals surface area contributed by atoms with Gasteiger partial charge in [0.2, 0.25) is 0 Å². The summed E-state index contributed by atoms with van der Waals surface area (Å²) in [5, 5.41) is -0.264. The minimum absolute atomic E-state index is 0.109. The van der Waals surface area contributed by atoms with Gasteiger partial charge in [0.25, 0.3) is 0 Å². The first-order chi connectivity index (χ1) is 10.6. The highest BCUT2D eigenvalue weighted by Crippen LogP contribution is 2.44. The number of hydrogen-bond donors (Lipinski definition) is 1. The van der Waals surface area contributed by atoms with Gasteiger partial charge in [-0.05, 0) is 45.1 Å². The molecule has 22 heavy (non-hydrogen) atoms. The molecule has 0 spiro atoms. The van der Waals surface area contributed by atoms with Crippen LogP contribution in [0.4, 0.5) is 0 Å². The number of rotatable bonds is 11. The van der Waals surface area contributed by atoms with Gasteiger partial charge in [0.1, 0.15) is 5.22 Å². The maximum Gasteiger partial charge on any atom is 0.371 e. The zero-order valence-electron chi connectivity index (χ0n) is 15.2. The van der Waals surface area contributed by atoms with E-state index >= 15 is 0 Å². The van der Waals surface area contributed by atoms with Crippen LogP contribution in [0.15, 0.2) is 0 Å². The van der Waals surface area contributed by atoms with E-state index in [0.29, 0.717) is 0 Å². The van der Waals surface area contributed by atoms with E-state index < -0.39 is 8.56 Å². The van der Waals surface area contributed by atoms with Crippen LogP contribution < -0.4 is 5.73 Å². The van der Waals surface area contributed by atoms with E-state index in [4.69, 9.17) is 19.3 Å². The zero-order valence-corrected chi connectivity index (χ0v) is 16.2. The molecule has 2 N–H and O–H groups in total. The average Bonchev–Trinajstić information content (AvgIpc) is 2.50. The summed E-state index contributed by atoms with van der Waals surface area (Å²) in [6.07, 6.45) is 7.33. The molecule has 1 fully saturated rings. The van der Waals surface area contributed by atoms with Crippen molar-refractivity contribution in [3.8, 4) is 0 Å². The normalized spacial score (nSPS) is 26.0. The maximum atomic E-state index is 6.47. The van der Waals surface area contributed by atoms with Crippen LogP contribution in [-0.2, 0) is 13.6 Å². The van der Waals surface area contributed by atoms with Gasteiger partial charge >= 0.3 is 8.56 Å². The van der Waals surface area contributed by atoms with E-state index in [2.05, 4.69) is 27.7 Å². The molecule has 0 aromatic heterocycles. The van der Waals surface area contributed by atoms with Gasteiger partial charge in [-0.3, -0.25) is 0 Å². The average molecular weight is 332 g/mol. The Hall–Kier alpha value is 0.0569. The molecule has 1 heterocycles. The minimum Gasteiger partial charge on any atom is -0.393 e. The highest BCUT2D eigenvalue weighted by Gasteiger charge is 2.60. The maximum absolute atomic E-state index is 6.47. The van der Waals surface area contributed by atoms with E-state index in [0.717, 1.165) is 58.0 Å². The van der Waals surface area contributed by atoms with Gasteiger partial charge in [-0.1, -0.05) is 33.6 Å². The molecule has 0 radical (unpaired) electrons. The lowest BCUT2D eigenvalue weighted by Crippen LogP contribution is -2.67. The Bertz CT molecular complexity index is 294. The summed E-state index contributed by atoms with van der Waals surface area (Å²) >= 11 is 0. The molecule has 0 aromatic rings. The fraction of sp³-hybridized carbons (Fsp3) is 1.00. The molecule has 0 aromatic carbocycles. The molecule has 2 unspecified atom stereocenters. The summed E-state index contributed by atoms with van der Waals surface area (Å²) in [7, 11) is -2.41. The molecule has 1 aliphatic heterocycles. The molecule has 0 amide bonds. The van der Waals surface area contributed by atoms with Gasteiger partial charge in [0.15, 0.2) is 0 Å². The molecule has 0 aliphatic carbocycles. The van der Waals surface area contributed by atoms with Crippen LogP contribution in [0.3, 0.4) is 0 Å². The van der Waals surface area contributed by atoms with Crippen LogP contribution in [-0.4, -0.2) is 39.6 Å². The smallest absolute Gasteiger partial charge is 0.371 e. The molecule has 0 saturated carbocycles. The van der Waals surface area contributed by atoms with Crippen LogP contribution in [0.2, 0.25) is 6.04 Å². The van der Waals surface area contributed by atoms with Crippen molar-refractivity contribution < 1.29 is 13.6 Å². The van der Waals surface area contributed by atoms with Crippen molar-refractivity contribution in [3.05, 3.63) is 0 Å². The molecular formula is C17H37NO3Si. The molecular weight excluding hydrogens is 294 g/mol. The molecule has 0 bridgehead atoms. The topological polar surface area (TPSA) is 53.7 Å². The fourth-order valence-corrected chi connectivity index (χ4v) is 8.14. The lowest BCUT2D eigenvalue weighted by Gasteiger charge is -2.50. The summed E-state index contributed by atoms with van der Waals surface area (Å²) in [6.45, 7) is 10.9.